The average Bonchev–Trinajstić information content (AvgIpc) is 2.73. The molecule has 5 nitrogen and oxygen atoms in total. The van der Waals surface area contributed by atoms with Crippen LogP contribution in [0.5, 0.6) is 0 Å². The molecule has 1 atom stereocenters. The molecular weight excluding hydrogens is 350 g/mol. The summed E-state index contributed by atoms with van der Waals surface area (Å²) >= 11 is 0. The highest BCUT2D eigenvalue weighted by atomic mass is 16.2. The van der Waals surface area contributed by atoms with Crippen LogP contribution in [0.1, 0.15) is 20.8 Å². The largest absolute Gasteiger partial charge is 0.340 e. The van der Waals surface area contributed by atoms with E-state index in [0.29, 0.717) is 26.2 Å². The molecule has 1 fully saturated rings. The molecule has 0 aliphatic carbocycles. The number of anilines is 1. The molecule has 2 aromatic rings. The quantitative estimate of drug-likeness (QED) is 0.865. The van der Waals surface area contributed by atoms with Crippen LogP contribution in [0.2, 0.25) is 0 Å². The summed E-state index contributed by atoms with van der Waals surface area (Å²) in [4.78, 5) is 29.1. The molecule has 148 valence electrons. The van der Waals surface area contributed by atoms with Gasteiger partial charge in [-0.25, -0.2) is 0 Å². The van der Waals surface area contributed by atoms with Gasteiger partial charge in [0.1, 0.15) is 0 Å². The summed E-state index contributed by atoms with van der Waals surface area (Å²) in [5.74, 6) is 0.183. The van der Waals surface area contributed by atoms with Crippen molar-refractivity contribution in [3.8, 4) is 11.1 Å². The lowest BCUT2D eigenvalue weighted by Gasteiger charge is -2.38. The number of nitrogens with one attached hydrogen (secondary N) is 1. The molecule has 0 saturated carbocycles. The fraction of sp³-hybridized carbons (Fsp3) is 0.391. The van der Waals surface area contributed by atoms with Gasteiger partial charge in [-0.1, -0.05) is 62.4 Å². The first kappa shape index (κ1) is 20.1. The van der Waals surface area contributed by atoms with E-state index in [1.54, 1.807) is 0 Å². The predicted molar refractivity (Wildman–Crippen MR) is 113 cm³/mol. The number of carbonyl (C=O) groups excluding carboxylic acids is 2. The molecule has 5 heteroatoms. The maximum absolute atomic E-state index is 12.9. The van der Waals surface area contributed by atoms with E-state index in [1.165, 1.54) is 0 Å². The lowest BCUT2D eigenvalue weighted by Crippen LogP contribution is -2.54. The van der Waals surface area contributed by atoms with Crippen molar-refractivity contribution in [2.75, 3.05) is 31.5 Å². The van der Waals surface area contributed by atoms with Gasteiger partial charge >= 0.3 is 0 Å². The number of hydrogen-bond acceptors (Lipinski definition) is 3. The molecule has 2 amide bonds. The van der Waals surface area contributed by atoms with E-state index >= 15 is 0 Å². The first-order valence-electron chi connectivity index (χ1n) is 9.95. The van der Waals surface area contributed by atoms with Crippen molar-refractivity contribution in [3.05, 3.63) is 54.6 Å². The number of hydrogen-bond donors (Lipinski definition) is 1. The van der Waals surface area contributed by atoms with Crippen LogP contribution < -0.4 is 5.32 Å². The Labute approximate surface area is 167 Å². The SMILES string of the molecule is CC(C)C(=O)N1CCN(C(C)C(=O)Nc2ccccc2-c2ccccc2)CC1. The van der Waals surface area contributed by atoms with Gasteiger partial charge in [0, 0.05) is 43.3 Å². The standard InChI is InChI=1S/C23H29N3O2/c1-17(2)23(28)26-15-13-25(14-16-26)18(3)22(27)24-21-12-8-7-11-20(21)19-9-5-4-6-10-19/h4-12,17-18H,13-16H2,1-3H3,(H,24,27). The van der Waals surface area contributed by atoms with Crippen LogP contribution >= 0.6 is 0 Å². The molecule has 28 heavy (non-hydrogen) atoms. The van der Waals surface area contributed by atoms with E-state index < -0.39 is 0 Å². The van der Waals surface area contributed by atoms with Crippen LogP contribution in [0.3, 0.4) is 0 Å². The van der Waals surface area contributed by atoms with E-state index in [1.807, 2.05) is 80.3 Å². The minimum absolute atomic E-state index is 0.0155. The first-order valence-corrected chi connectivity index (χ1v) is 9.95. The van der Waals surface area contributed by atoms with Crippen LogP contribution in [-0.4, -0.2) is 53.8 Å². The van der Waals surface area contributed by atoms with Gasteiger partial charge in [0.15, 0.2) is 0 Å². The van der Waals surface area contributed by atoms with Crippen molar-refractivity contribution in [2.45, 2.75) is 26.8 Å². The number of benzene rings is 2. The van der Waals surface area contributed by atoms with Crippen LogP contribution in [0.15, 0.2) is 54.6 Å². The Bertz CT molecular complexity index is 812. The lowest BCUT2D eigenvalue weighted by atomic mass is 10.0. The summed E-state index contributed by atoms with van der Waals surface area (Å²) in [6.07, 6.45) is 0. The van der Waals surface area contributed by atoms with Crippen LogP contribution in [0.4, 0.5) is 5.69 Å². The molecular formula is C23H29N3O2. The average molecular weight is 380 g/mol. The zero-order valence-electron chi connectivity index (χ0n) is 16.9. The van der Waals surface area contributed by atoms with Gasteiger partial charge in [0.05, 0.1) is 6.04 Å². The third-order valence-electron chi connectivity index (χ3n) is 5.32. The Hall–Kier alpha value is -2.66. The minimum Gasteiger partial charge on any atom is -0.340 e. The maximum atomic E-state index is 12.9. The molecule has 1 aliphatic rings. The van der Waals surface area contributed by atoms with Crippen molar-refractivity contribution in [3.63, 3.8) is 0 Å². The Kier molecular flexibility index (Phi) is 6.47. The molecule has 1 N–H and O–H groups in total. The van der Waals surface area contributed by atoms with Gasteiger partial charge in [-0.05, 0) is 18.6 Å². The molecule has 1 unspecified atom stereocenters. The molecule has 0 spiro atoms. The summed E-state index contributed by atoms with van der Waals surface area (Å²) in [5, 5.41) is 3.10. The molecule has 1 heterocycles. The van der Waals surface area contributed by atoms with Gasteiger partial charge in [0.25, 0.3) is 0 Å². The van der Waals surface area contributed by atoms with Crippen molar-refractivity contribution < 1.29 is 9.59 Å². The maximum Gasteiger partial charge on any atom is 0.241 e. The first-order chi connectivity index (χ1) is 13.5. The number of carbonyl (C=O) groups is 2. The van der Waals surface area contributed by atoms with Gasteiger partial charge in [0.2, 0.25) is 11.8 Å². The van der Waals surface area contributed by atoms with Gasteiger partial charge in [-0.15, -0.1) is 0 Å². The topological polar surface area (TPSA) is 52.7 Å². The highest BCUT2D eigenvalue weighted by Gasteiger charge is 2.28. The van der Waals surface area contributed by atoms with Crippen molar-refractivity contribution in [2.24, 2.45) is 5.92 Å². The van der Waals surface area contributed by atoms with Crippen molar-refractivity contribution >= 4 is 17.5 Å². The highest BCUT2D eigenvalue weighted by molar-refractivity contribution is 5.98. The number of nitrogens with zero attached hydrogens (tertiary/aromatic N) is 2. The Balaban J connectivity index is 1.64. The van der Waals surface area contributed by atoms with Crippen LogP contribution in [0, 0.1) is 5.92 Å². The fourth-order valence-electron chi connectivity index (χ4n) is 3.56. The van der Waals surface area contributed by atoms with E-state index in [2.05, 4.69) is 10.2 Å². The van der Waals surface area contributed by atoms with E-state index in [4.69, 9.17) is 0 Å². The third kappa shape index (κ3) is 4.60. The zero-order chi connectivity index (χ0) is 20.1. The monoisotopic (exact) mass is 379 g/mol. The summed E-state index contributed by atoms with van der Waals surface area (Å²) in [7, 11) is 0. The Morgan fingerprint density at radius 2 is 1.46 bits per heavy atom. The van der Waals surface area contributed by atoms with E-state index in [-0.39, 0.29) is 23.8 Å². The number of piperazine rings is 1. The van der Waals surface area contributed by atoms with Gasteiger partial charge < -0.3 is 10.2 Å². The summed E-state index contributed by atoms with van der Waals surface area (Å²) < 4.78 is 0. The van der Waals surface area contributed by atoms with Crippen LogP contribution in [0.25, 0.3) is 11.1 Å². The summed E-state index contributed by atoms with van der Waals surface area (Å²) in [6, 6.07) is 17.7. The second-order valence-corrected chi connectivity index (χ2v) is 7.59. The van der Waals surface area contributed by atoms with Crippen molar-refractivity contribution in [1.29, 1.82) is 0 Å². The summed E-state index contributed by atoms with van der Waals surface area (Å²) in [5.41, 5.74) is 2.90. The molecule has 1 saturated heterocycles. The zero-order valence-corrected chi connectivity index (χ0v) is 16.9. The Morgan fingerprint density at radius 1 is 0.857 bits per heavy atom. The predicted octanol–water partition coefficient (Wildman–Crippen LogP) is 3.48. The lowest BCUT2D eigenvalue weighted by molar-refractivity contribution is -0.136. The van der Waals surface area contributed by atoms with E-state index in [9.17, 15) is 9.59 Å². The van der Waals surface area contributed by atoms with Crippen LogP contribution in [-0.2, 0) is 9.59 Å². The molecule has 3 rings (SSSR count). The van der Waals surface area contributed by atoms with Crippen molar-refractivity contribution in [1.82, 2.24) is 9.80 Å². The number of para-hydroxylation sites is 1. The summed E-state index contributed by atoms with van der Waals surface area (Å²) in [6.45, 7) is 8.57. The number of rotatable bonds is 5. The number of amides is 2. The molecule has 2 aromatic carbocycles. The second-order valence-electron chi connectivity index (χ2n) is 7.59. The highest BCUT2D eigenvalue weighted by Crippen LogP contribution is 2.27. The van der Waals surface area contributed by atoms with Gasteiger partial charge in [-0.2, -0.15) is 0 Å². The van der Waals surface area contributed by atoms with Gasteiger partial charge in [-0.3, -0.25) is 14.5 Å². The molecule has 0 bridgehead atoms. The normalized spacial score (nSPS) is 16.1. The Morgan fingerprint density at radius 3 is 2.11 bits per heavy atom. The molecule has 1 aliphatic heterocycles. The third-order valence-corrected chi connectivity index (χ3v) is 5.32. The molecule has 0 radical (unpaired) electrons. The minimum atomic E-state index is -0.250. The second kappa shape index (κ2) is 9.02. The fourth-order valence-corrected chi connectivity index (χ4v) is 3.56. The van der Waals surface area contributed by atoms with E-state index in [0.717, 1.165) is 16.8 Å². The smallest absolute Gasteiger partial charge is 0.241 e. The molecule has 0 aromatic heterocycles.